The molecule has 0 spiro atoms. The molecule has 1 saturated heterocycles. The van der Waals surface area contributed by atoms with Gasteiger partial charge in [-0.1, -0.05) is 42.5 Å². The highest BCUT2D eigenvalue weighted by Crippen LogP contribution is 2.42. The van der Waals surface area contributed by atoms with Crippen LogP contribution >= 0.6 is 0 Å². The number of pyridine rings is 1. The van der Waals surface area contributed by atoms with Crippen LogP contribution in [0.5, 0.6) is 11.6 Å². The molecule has 1 atom stereocenters. The average Bonchev–Trinajstić information content (AvgIpc) is 3.06. The summed E-state index contributed by atoms with van der Waals surface area (Å²) in [7, 11) is -3.82. The van der Waals surface area contributed by atoms with Crippen molar-refractivity contribution in [3.63, 3.8) is 0 Å². The fourth-order valence-corrected chi connectivity index (χ4v) is 6.91. The molecule has 2 aromatic heterocycles. The average molecular weight is 655 g/mol. The van der Waals surface area contributed by atoms with Gasteiger partial charge in [0, 0.05) is 47.9 Å². The van der Waals surface area contributed by atoms with E-state index in [1.807, 2.05) is 31.2 Å². The third-order valence-electron chi connectivity index (χ3n) is 8.04. The molecule has 3 N–H and O–H groups in total. The zero-order valence-electron chi connectivity index (χ0n) is 25.9. The van der Waals surface area contributed by atoms with E-state index in [2.05, 4.69) is 15.3 Å². The van der Waals surface area contributed by atoms with Gasteiger partial charge in [0.05, 0.1) is 35.5 Å². The number of para-hydroxylation sites is 1. The van der Waals surface area contributed by atoms with Gasteiger partial charge in [-0.05, 0) is 55.7 Å². The fraction of sp³-hybridized carbons (Fsp3) is 0.235. The Labute approximate surface area is 272 Å². The Morgan fingerprint density at radius 3 is 2.60 bits per heavy atom. The van der Waals surface area contributed by atoms with E-state index in [0.717, 1.165) is 24.7 Å². The number of aromatic nitrogens is 3. The Balaban J connectivity index is 1.37. The number of hydrogen-bond donors (Lipinski definition) is 3. The molecule has 12 nitrogen and oxygen atoms in total. The molecule has 1 aliphatic heterocycles. The van der Waals surface area contributed by atoms with Crippen molar-refractivity contribution in [1.82, 2.24) is 19.9 Å². The Hall–Kier alpha value is -5.27. The molecular formula is C34H34N6O6S. The number of aliphatic hydroxyl groups is 1. The first-order valence-electron chi connectivity index (χ1n) is 15.1. The number of amides is 1. The summed E-state index contributed by atoms with van der Waals surface area (Å²) < 4.78 is 34.3. The summed E-state index contributed by atoms with van der Waals surface area (Å²) in [5.41, 5.74) is 3.20. The molecule has 0 aliphatic carbocycles. The molecule has 1 aliphatic rings. The topological polar surface area (TPSA) is 158 Å². The molecule has 1 amide bonds. The van der Waals surface area contributed by atoms with Crippen molar-refractivity contribution in [3.05, 3.63) is 96.3 Å². The molecule has 1 unspecified atom stereocenters. The third-order valence-corrected chi connectivity index (χ3v) is 9.10. The van der Waals surface area contributed by atoms with Gasteiger partial charge in [0.15, 0.2) is 0 Å². The molecule has 6 rings (SSSR count). The number of hydrogen-bond acceptors (Lipinski definition) is 9. The number of anilines is 3. The number of benzene rings is 3. The number of carboxylic acid groups (broad SMARTS) is 1. The highest BCUT2D eigenvalue weighted by atomic mass is 32.2. The first kappa shape index (κ1) is 31.7. The molecular weight excluding hydrogens is 620 g/mol. The molecule has 3 heterocycles. The second-order valence-corrected chi connectivity index (χ2v) is 13.2. The van der Waals surface area contributed by atoms with E-state index < -0.39 is 16.1 Å². The summed E-state index contributed by atoms with van der Waals surface area (Å²) in [6.45, 7) is 2.42. The zero-order chi connectivity index (χ0) is 33.1. The van der Waals surface area contributed by atoms with E-state index in [4.69, 9.17) is 9.72 Å². The molecule has 47 heavy (non-hydrogen) atoms. The van der Waals surface area contributed by atoms with Gasteiger partial charge in [-0.15, -0.1) is 0 Å². The predicted molar refractivity (Wildman–Crippen MR) is 180 cm³/mol. The standard InChI is InChI=1S/C34H34N6O6S/c1-22-14-15-25-26(10-5-13-30(25)40(47(2,44)45)29-12-4-3-8-23(29)21-41)31(22)46-32-27(11-6-17-35-32)28-16-18-36-33(38-28)37-24-9-7-19-39(20-24)34(42)43/h3-6,8,10-18,24,41H,7,9,19-21H2,1-2H3,(H,42,43)(H,36,37,38). The summed E-state index contributed by atoms with van der Waals surface area (Å²) in [6.07, 6.45) is 4.96. The number of carbonyl (C=O) groups is 1. The first-order chi connectivity index (χ1) is 22.6. The van der Waals surface area contributed by atoms with Gasteiger partial charge in [-0.2, -0.15) is 0 Å². The molecule has 0 bridgehead atoms. The van der Waals surface area contributed by atoms with Gasteiger partial charge < -0.3 is 25.2 Å². The number of nitrogens with zero attached hydrogens (tertiary/aromatic N) is 5. The van der Waals surface area contributed by atoms with Crippen LogP contribution < -0.4 is 14.4 Å². The lowest BCUT2D eigenvalue weighted by atomic mass is 10.0. The monoisotopic (exact) mass is 654 g/mol. The molecule has 3 aromatic carbocycles. The molecule has 242 valence electrons. The SMILES string of the molecule is Cc1ccc2c(N(c3ccccc3CO)S(C)(=O)=O)cccc2c1Oc1ncccc1-c1ccnc(NC2CCCN(C(=O)O)C2)n1. The summed E-state index contributed by atoms with van der Waals surface area (Å²) in [5, 5.41) is 24.0. The summed E-state index contributed by atoms with van der Waals surface area (Å²) in [5.74, 6) is 1.15. The number of likely N-dealkylation sites (tertiary alicyclic amines) is 1. The van der Waals surface area contributed by atoms with Crippen LogP contribution in [0.2, 0.25) is 0 Å². The number of sulfonamides is 1. The van der Waals surface area contributed by atoms with Gasteiger partial charge in [-0.25, -0.2) is 32.5 Å². The number of piperidine rings is 1. The maximum atomic E-state index is 13.2. The second-order valence-electron chi connectivity index (χ2n) is 11.3. The second kappa shape index (κ2) is 13.2. The Morgan fingerprint density at radius 1 is 1.00 bits per heavy atom. The highest BCUT2D eigenvalue weighted by molar-refractivity contribution is 7.92. The molecule has 1 fully saturated rings. The molecule has 0 saturated carbocycles. The number of fused-ring (bicyclic) bond motifs is 1. The number of aryl methyl sites for hydroxylation is 1. The highest BCUT2D eigenvalue weighted by Gasteiger charge is 2.26. The Morgan fingerprint density at radius 2 is 1.81 bits per heavy atom. The fourth-order valence-electron chi connectivity index (χ4n) is 5.86. The van der Waals surface area contributed by atoms with Crippen molar-refractivity contribution in [2.75, 3.05) is 29.0 Å². The van der Waals surface area contributed by atoms with E-state index >= 15 is 0 Å². The minimum atomic E-state index is -3.82. The smallest absolute Gasteiger partial charge is 0.407 e. The van der Waals surface area contributed by atoms with Crippen LogP contribution in [0, 0.1) is 6.92 Å². The van der Waals surface area contributed by atoms with Gasteiger partial charge in [0.25, 0.3) is 0 Å². The van der Waals surface area contributed by atoms with Crippen LogP contribution in [-0.4, -0.2) is 70.0 Å². The normalized spacial score (nSPS) is 15.0. The van der Waals surface area contributed by atoms with Gasteiger partial charge in [-0.3, -0.25) is 0 Å². The van der Waals surface area contributed by atoms with Crippen LogP contribution in [-0.2, 0) is 16.6 Å². The van der Waals surface area contributed by atoms with Crippen molar-refractivity contribution < 1.29 is 28.2 Å². The van der Waals surface area contributed by atoms with Crippen LogP contribution in [0.25, 0.3) is 22.0 Å². The number of nitrogens with one attached hydrogen (secondary N) is 1. The van der Waals surface area contributed by atoms with Crippen molar-refractivity contribution in [3.8, 4) is 22.9 Å². The molecule has 13 heteroatoms. The van der Waals surface area contributed by atoms with Gasteiger partial charge in [0.1, 0.15) is 5.75 Å². The first-order valence-corrected chi connectivity index (χ1v) is 16.9. The summed E-state index contributed by atoms with van der Waals surface area (Å²) in [6, 6.07) is 21.1. The maximum absolute atomic E-state index is 13.2. The molecule has 5 aromatic rings. The van der Waals surface area contributed by atoms with E-state index in [-0.39, 0.29) is 12.6 Å². The Kier molecular flexibility index (Phi) is 8.92. The van der Waals surface area contributed by atoms with Crippen molar-refractivity contribution in [1.29, 1.82) is 0 Å². The summed E-state index contributed by atoms with van der Waals surface area (Å²) in [4.78, 5) is 26.5. The predicted octanol–water partition coefficient (Wildman–Crippen LogP) is 5.94. The minimum Gasteiger partial charge on any atom is -0.465 e. The molecule has 0 radical (unpaired) electrons. The lowest BCUT2D eigenvalue weighted by Crippen LogP contribution is -2.44. The third kappa shape index (κ3) is 6.67. The number of rotatable bonds is 9. The van der Waals surface area contributed by atoms with E-state index in [9.17, 15) is 23.4 Å². The van der Waals surface area contributed by atoms with Crippen molar-refractivity contribution >= 4 is 44.2 Å². The lowest BCUT2D eigenvalue weighted by Gasteiger charge is -2.31. The Bertz CT molecular complexity index is 2060. The van der Waals surface area contributed by atoms with Crippen LogP contribution in [0.1, 0.15) is 24.0 Å². The summed E-state index contributed by atoms with van der Waals surface area (Å²) >= 11 is 0. The van der Waals surface area contributed by atoms with E-state index in [1.165, 1.54) is 9.21 Å². The van der Waals surface area contributed by atoms with E-state index in [0.29, 0.717) is 69.6 Å². The van der Waals surface area contributed by atoms with E-state index in [1.54, 1.807) is 60.9 Å². The maximum Gasteiger partial charge on any atom is 0.407 e. The minimum absolute atomic E-state index is 0.122. The zero-order valence-corrected chi connectivity index (χ0v) is 26.7. The number of aliphatic hydroxyl groups excluding tert-OH is 1. The lowest BCUT2D eigenvalue weighted by molar-refractivity contribution is 0.132. The van der Waals surface area contributed by atoms with Crippen LogP contribution in [0.4, 0.5) is 22.1 Å². The quantitative estimate of drug-likeness (QED) is 0.174. The van der Waals surface area contributed by atoms with Crippen molar-refractivity contribution in [2.45, 2.75) is 32.4 Å². The number of ether oxygens (including phenoxy) is 1. The van der Waals surface area contributed by atoms with Crippen LogP contribution in [0.15, 0.2) is 85.2 Å². The van der Waals surface area contributed by atoms with Crippen LogP contribution in [0.3, 0.4) is 0 Å². The van der Waals surface area contributed by atoms with Gasteiger partial charge >= 0.3 is 6.09 Å². The largest absolute Gasteiger partial charge is 0.465 e. The van der Waals surface area contributed by atoms with Gasteiger partial charge in [0.2, 0.25) is 21.9 Å². The van der Waals surface area contributed by atoms with Crippen molar-refractivity contribution in [2.24, 2.45) is 0 Å².